The van der Waals surface area contributed by atoms with Crippen LogP contribution in [0.25, 0.3) is 17.0 Å². The monoisotopic (exact) mass is 517 g/mol. The van der Waals surface area contributed by atoms with Gasteiger partial charge in [0.1, 0.15) is 11.9 Å². The van der Waals surface area contributed by atoms with E-state index in [9.17, 15) is 14.3 Å². The van der Waals surface area contributed by atoms with E-state index in [1.807, 2.05) is 12.1 Å². The van der Waals surface area contributed by atoms with Gasteiger partial charge in [-0.25, -0.2) is 14.4 Å². The zero-order chi connectivity index (χ0) is 26.6. The number of hydrogen-bond donors (Lipinski definition) is 3. The Hall–Kier alpha value is -4.09. The molecule has 6 rings (SSSR count). The standard InChI is InChI=1S/C27H28FN7O3/c1-15-6-7-35-19(13-31-25(35)23(15)28)24-17-11-32-26(36)22(17)18(12-30-24)33-21-5-4-16(10-29-21)34-8-9-38-20(14-34)27(2,3)37/h4-7,10,12-13,20,37H,8-9,11,14H2,1-3H3,(H,29,33)(H,32,36). The molecule has 2 aliphatic rings. The van der Waals surface area contributed by atoms with Crippen LogP contribution < -0.4 is 15.5 Å². The van der Waals surface area contributed by atoms with Crippen molar-refractivity contribution in [2.24, 2.45) is 0 Å². The number of fused-ring (bicyclic) bond motifs is 2. The second-order valence-electron chi connectivity index (χ2n) is 10.2. The molecule has 0 aromatic carbocycles. The van der Waals surface area contributed by atoms with Crippen LogP contribution in [0.1, 0.15) is 35.3 Å². The maximum Gasteiger partial charge on any atom is 0.254 e. The van der Waals surface area contributed by atoms with E-state index < -0.39 is 5.60 Å². The molecule has 1 amide bonds. The summed E-state index contributed by atoms with van der Waals surface area (Å²) in [6.45, 7) is 7.27. The summed E-state index contributed by atoms with van der Waals surface area (Å²) in [6.07, 6.45) is 6.38. The first-order chi connectivity index (χ1) is 18.2. The van der Waals surface area contributed by atoms with Crippen molar-refractivity contribution in [3.63, 3.8) is 0 Å². The van der Waals surface area contributed by atoms with Gasteiger partial charge in [-0.3, -0.25) is 14.2 Å². The number of ether oxygens (including phenoxy) is 1. The van der Waals surface area contributed by atoms with Crippen LogP contribution in [-0.2, 0) is 11.3 Å². The number of aromatic nitrogens is 4. The fourth-order valence-corrected chi connectivity index (χ4v) is 4.94. The number of carbonyl (C=O) groups excluding carboxylic acids is 1. The van der Waals surface area contributed by atoms with E-state index in [0.29, 0.717) is 65.8 Å². The summed E-state index contributed by atoms with van der Waals surface area (Å²) in [5, 5.41) is 16.4. The van der Waals surface area contributed by atoms with Crippen LogP contribution in [0.15, 0.2) is 43.0 Å². The van der Waals surface area contributed by atoms with Gasteiger partial charge in [0.2, 0.25) is 0 Å². The maximum absolute atomic E-state index is 14.6. The third-order valence-electron chi connectivity index (χ3n) is 7.12. The van der Waals surface area contributed by atoms with Gasteiger partial charge in [0.25, 0.3) is 5.91 Å². The summed E-state index contributed by atoms with van der Waals surface area (Å²) in [4.78, 5) is 28.4. The molecule has 0 radical (unpaired) electrons. The molecule has 6 heterocycles. The second kappa shape index (κ2) is 9.03. The summed E-state index contributed by atoms with van der Waals surface area (Å²) in [5.74, 6) is -0.0421. The Bertz CT molecular complexity index is 1550. The highest BCUT2D eigenvalue weighted by Crippen LogP contribution is 2.34. The molecule has 3 N–H and O–H groups in total. The fourth-order valence-electron chi connectivity index (χ4n) is 4.94. The van der Waals surface area contributed by atoms with Gasteiger partial charge in [0.05, 0.1) is 59.1 Å². The molecule has 4 aromatic rings. The molecule has 0 aliphatic carbocycles. The van der Waals surface area contributed by atoms with E-state index in [1.165, 1.54) is 0 Å². The molecule has 196 valence electrons. The first-order valence-electron chi connectivity index (χ1n) is 12.5. The van der Waals surface area contributed by atoms with Gasteiger partial charge in [-0.15, -0.1) is 0 Å². The van der Waals surface area contributed by atoms with E-state index in [-0.39, 0.29) is 23.5 Å². The Kier molecular flexibility index (Phi) is 5.77. The number of pyridine rings is 3. The van der Waals surface area contributed by atoms with Crippen molar-refractivity contribution >= 4 is 28.7 Å². The first kappa shape index (κ1) is 24.3. The smallest absolute Gasteiger partial charge is 0.254 e. The van der Waals surface area contributed by atoms with Crippen LogP contribution in [-0.4, -0.2) is 61.8 Å². The molecule has 0 spiro atoms. The Morgan fingerprint density at radius 3 is 2.79 bits per heavy atom. The van der Waals surface area contributed by atoms with Gasteiger partial charge in [-0.2, -0.15) is 0 Å². The number of nitrogens with zero attached hydrogens (tertiary/aromatic N) is 5. The first-order valence-corrected chi connectivity index (χ1v) is 12.5. The summed E-state index contributed by atoms with van der Waals surface area (Å²) < 4.78 is 22.0. The highest BCUT2D eigenvalue weighted by Gasteiger charge is 2.33. The summed E-state index contributed by atoms with van der Waals surface area (Å²) >= 11 is 0. The average Bonchev–Trinajstić information content (AvgIpc) is 3.51. The van der Waals surface area contributed by atoms with Crippen LogP contribution in [0.3, 0.4) is 0 Å². The highest BCUT2D eigenvalue weighted by molar-refractivity contribution is 6.05. The molecule has 1 unspecified atom stereocenters. The number of imidazole rings is 1. The minimum atomic E-state index is -0.940. The largest absolute Gasteiger partial charge is 0.388 e. The van der Waals surface area contributed by atoms with Gasteiger partial charge in [0.15, 0.2) is 11.5 Å². The van der Waals surface area contributed by atoms with Crippen molar-refractivity contribution in [1.29, 1.82) is 0 Å². The van der Waals surface area contributed by atoms with Crippen LogP contribution in [0.5, 0.6) is 0 Å². The molecular weight excluding hydrogens is 489 g/mol. The Labute approximate surface area is 218 Å². The van der Waals surface area contributed by atoms with Gasteiger partial charge < -0.3 is 25.4 Å². The normalized spacial score (nSPS) is 17.6. The molecule has 1 saturated heterocycles. The molecule has 10 nitrogen and oxygen atoms in total. The molecule has 1 fully saturated rings. The zero-order valence-electron chi connectivity index (χ0n) is 21.3. The lowest BCUT2D eigenvalue weighted by Crippen LogP contribution is -2.52. The SMILES string of the molecule is Cc1ccn2c(-c3ncc(Nc4ccc(N5CCOC(C(C)(C)O)C5)cn4)c4c3CNC4=O)cnc2c1F. The quantitative estimate of drug-likeness (QED) is 0.370. The third kappa shape index (κ3) is 4.13. The number of rotatable bonds is 5. The summed E-state index contributed by atoms with van der Waals surface area (Å²) in [5.41, 5.74) is 3.59. The Morgan fingerprint density at radius 1 is 1.18 bits per heavy atom. The molecule has 1 atom stereocenters. The number of aryl methyl sites for hydroxylation is 1. The predicted molar refractivity (Wildman–Crippen MR) is 140 cm³/mol. The van der Waals surface area contributed by atoms with Crippen molar-refractivity contribution in [2.75, 3.05) is 29.9 Å². The number of anilines is 3. The van der Waals surface area contributed by atoms with Crippen LogP contribution in [0.2, 0.25) is 0 Å². The number of carbonyl (C=O) groups is 1. The molecule has 11 heteroatoms. The number of aliphatic hydroxyl groups is 1. The van der Waals surface area contributed by atoms with Crippen molar-refractivity contribution in [2.45, 2.75) is 39.0 Å². The van der Waals surface area contributed by atoms with E-state index in [4.69, 9.17) is 4.74 Å². The summed E-state index contributed by atoms with van der Waals surface area (Å²) in [6, 6.07) is 5.47. The Morgan fingerprint density at radius 2 is 2.03 bits per heavy atom. The van der Waals surface area contributed by atoms with Crippen LogP contribution in [0, 0.1) is 12.7 Å². The predicted octanol–water partition coefficient (Wildman–Crippen LogP) is 3.20. The van der Waals surface area contributed by atoms with E-state index in [1.54, 1.807) is 56.0 Å². The molecular formula is C27H28FN7O3. The zero-order valence-corrected chi connectivity index (χ0v) is 21.3. The number of halogens is 1. The number of amides is 1. The highest BCUT2D eigenvalue weighted by atomic mass is 19.1. The molecule has 0 bridgehead atoms. The lowest BCUT2D eigenvalue weighted by molar-refractivity contribution is -0.0928. The van der Waals surface area contributed by atoms with Gasteiger partial charge in [-0.05, 0) is 44.5 Å². The maximum atomic E-state index is 14.6. The molecule has 2 aliphatic heterocycles. The fraction of sp³-hybridized carbons (Fsp3) is 0.333. The average molecular weight is 518 g/mol. The van der Waals surface area contributed by atoms with Gasteiger partial charge >= 0.3 is 0 Å². The van der Waals surface area contributed by atoms with E-state index in [0.717, 1.165) is 5.69 Å². The van der Waals surface area contributed by atoms with Crippen molar-refractivity contribution in [3.05, 3.63) is 65.5 Å². The van der Waals surface area contributed by atoms with E-state index >= 15 is 0 Å². The van der Waals surface area contributed by atoms with Crippen molar-refractivity contribution in [3.8, 4) is 11.4 Å². The number of hydrogen-bond acceptors (Lipinski definition) is 8. The Balaban J connectivity index is 1.28. The summed E-state index contributed by atoms with van der Waals surface area (Å²) in [7, 11) is 0. The third-order valence-corrected chi connectivity index (χ3v) is 7.12. The van der Waals surface area contributed by atoms with Crippen LogP contribution >= 0.6 is 0 Å². The number of morpholine rings is 1. The second-order valence-corrected chi connectivity index (χ2v) is 10.2. The van der Waals surface area contributed by atoms with Gasteiger partial charge in [0, 0.05) is 31.4 Å². The topological polar surface area (TPSA) is 117 Å². The lowest BCUT2D eigenvalue weighted by Gasteiger charge is -2.39. The minimum Gasteiger partial charge on any atom is -0.388 e. The molecule has 4 aromatic heterocycles. The van der Waals surface area contributed by atoms with E-state index in [2.05, 4.69) is 30.5 Å². The minimum absolute atomic E-state index is 0.216. The van der Waals surface area contributed by atoms with Crippen molar-refractivity contribution in [1.82, 2.24) is 24.7 Å². The van der Waals surface area contributed by atoms with Gasteiger partial charge in [-0.1, -0.05) is 0 Å². The van der Waals surface area contributed by atoms with Crippen LogP contribution in [0.4, 0.5) is 21.6 Å². The number of nitrogens with one attached hydrogen (secondary N) is 2. The molecule has 0 saturated carbocycles. The van der Waals surface area contributed by atoms with Crippen molar-refractivity contribution < 1.29 is 19.0 Å². The molecule has 38 heavy (non-hydrogen) atoms. The lowest BCUT2D eigenvalue weighted by atomic mass is 10.00.